The lowest BCUT2D eigenvalue weighted by atomic mass is 10.2. The highest BCUT2D eigenvalue weighted by molar-refractivity contribution is 7.15. The van der Waals surface area contributed by atoms with Gasteiger partial charge >= 0.3 is 0 Å². The Balaban J connectivity index is 2.51. The molecule has 2 rings (SSSR count). The number of rotatable bonds is 6. The molecule has 0 saturated carbocycles. The summed E-state index contributed by atoms with van der Waals surface area (Å²) < 4.78 is 15.8. The molecule has 0 amide bonds. The van der Waals surface area contributed by atoms with Gasteiger partial charge in [-0.2, -0.15) is 0 Å². The number of thiazole rings is 1. The second-order valence-electron chi connectivity index (χ2n) is 4.02. The third-order valence-corrected chi connectivity index (χ3v) is 3.95. The summed E-state index contributed by atoms with van der Waals surface area (Å²) in [4.78, 5) is 5.32. The van der Waals surface area contributed by atoms with Crippen LogP contribution in [0, 0.1) is 0 Å². The van der Waals surface area contributed by atoms with Crippen molar-refractivity contribution in [3.8, 4) is 22.1 Å². The largest absolute Gasteiger partial charge is 0.493 e. The molecule has 1 N–H and O–H groups in total. The fraction of sp³-hybridized carbons (Fsp3) is 0.357. The summed E-state index contributed by atoms with van der Waals surface area (Å²) in [5, 5.41) is 10.2. The van der Waals surface area contributed by atoms with Crippen LogP contribution in [0.5, 0.6) is 11.5 Å². The van der Waals surface area contributed by atoms with Crippen LogP contribution in [0.15, 0.2) is 18.2 Å². The molecule has 0 unspecified atom stereocenters. The Morgan fingerprint density at radius 1 is 1.20 bits per heavy atom. The molecule has 0 spiro atoms. The molecule has 6 heteroatoms. The molecule has 108 valence electrons. The smallest absolute Gasteiger partial charge is 0.170 e. The number of para-hydroxylation sites is 1. The van der Waals surface area contributed by atoms with E-state index in [0.29, 0.717) is 18.1 Å². The van der Waals surface area contributed by atoms with Crippen molar-refractivity contribution < 1.29 is 19.3 Å². The van der Waals surface area contributed by atoms with Crippen molar-refractivity contribution in [1.82, 2.24) is 4.98 Å². The molecule has 20 heavy (non-hydrogen) atoms. The summed E-state index contributed by atoms with van der Waals surface area (Å²) in [5.41, 5.74) is 1.59. The van der Waals surface area contributed by atoms with E-state index in [2.05, 4.69) is 4.98 Å². The fourth-order valence-electron chi connectivity index (χ4n) is 1.93. The Morgan fingerprint density at radius 3 is 2.60 bits per heavy atom. The van der Waals surface area contributed by atoms with Crippen LogP contribution in [-0.2, 0) is 18.0 Å². The molecule has 1 aromatic heterocycles. The minimum absolute atomic E-state index is 0.0529. The topological polar surface area (TPSA) is 60.8 Å². The van der Waals surface area contributed by atoms with E-state index in [1.54, 1.807) is 21.3 Å². The van der Waals surface area contributed by atoms with Crippen molar-refractivity contribution in [2.45, 2.75) is 13.2 Å². The minimum Gasteiger partial charge on any atom is -0.493 e. The highest BCUT2D eigenvalue weighted by Gasteiger charge is 2.17. The van der Waals surface area contributed by atoms with Crippen molar-refractivity contribution in [3.63, 3.8) is 0 Å². The van der Waals surface area contributed by atoms with Gasteiger partial charge in [0.2, 0.25) is 0 Å². The van der Waals surface area contributed by atoms with E-state index in [1.807, 2.05) is 18.2 Å². The van der Waals surface area contributed by atoms with E-state index in [0.717, 1.165) is 21.1 Å². The molecule has 0 atom stereocenters. The van der Waals surface area contributed by atoms with Crippen LogP contribution in [0.2, 0.25) is 0 Å². The number of aliphatic hydroxyl groups excluding tert-OH is 1. The second kappa shape index (κ2) is 6.69. The Bertz CT molecular complexity index is 583. The van der Waals surface area contributed by atoms with Gasteiger partial charge in [0.05, 0.1) is 43.6 Å². The van der Waals surface area contributed by atoms with Gasteiger partial charge in [-0.05, 0) is 12.1 Å². The van der Waals surface area contributed by atoms with Crippen LogP contribution >= 0.6 is 11.3 Å². The molecule has 0 aliphatic rings. The average molecular weight is 295 g/mol. The molecule has 0 aliphatic heterocycles. The van der Waals surface area contributed by atoms with Gasteiger partial charge in [-0.3, -0.25) is 0 Å². The van der Waals surface area contributed by atoms with Crippen LogP contribution in [0.3, 0.4) is 0 Å². The van der Waals surface area contributed by atoms with Gasteiger partial charge in [-0.25, -0.2) is 4.98 Å². The highest BCUT2D eigenvalue weighted by Crippen LogP contribution is 2.40. The number of benzene rings is 1. The van der Waals surface area contributed by atoms with E-state index < -0.39 is 0 Å². The van der Waals surface area contributed by atoms with Crippen molar-refractivity contribution in [2.75, 3.05) is 21.3 Å². The molecule has 5 nitrogen and oxygen atoms in total. The molecular formula is C14H17NO4S. The maximum atomic E-state index is 9.39. The van der Waals surface area contributed by atoms with Gasteiger partial charge in [0.1, 0.15) is 5.01 Å². The number of hydrogen-bond acceptors (Lipinski definition) is 6. The van der Waals surface area contributed by atoms with Gasteiger partial charge in [0, 0.05) is 7.11 Å². The Morgan fingerprint density at radius 2 is 2.00 bits per heavy atom. The molecule has 0 aliphatic carbocycles. The number of aliphatic hydroxyl groups is 1. The van der Waals surface area contributed by atoms with Crippen LogP contribution in [0.25, 0.3) is 10.6 Å². The number of ether oxygens (including phenoxy) is 3. The molecule has 2 aromatic rings. The van der Waals surface area contributed by atoms with Gasteiger partial charge < -0.3 is 19.3 Å². The first kappa shape index (κ1) is 14.8. The maximum Gasteiger partial charge on any atom is 0.170 e. The molecule has 1 aromatic carbocycles. The van der Waals surface area contributed by atoms with E-state index in [4.69, 9.17) is 14.2 Å². The summed E-state index contributed by atoms with van der Waals surface area (Å²) in [6, 6.07) is 5.63. The zero-order chi connectivity index (χ0) is 14.5. The monoisotopic (exact) mass is 295 g/mol. The maximum absolute atomic E-state index is 9.39. The van der Waals surface area contributed by atoms with Gasteiger partial charge in [0.15, 0.2) is 11.5 Å². The first-order chi connectivity index (χ1) is 9.74. The molecule has 1 heterocycles. The van der Waals surface area contributed by atoms with Crippen LogP contribution in [0.4, 0.5) is 0 Å². The fourth-order valence-corrected chi connectivity index (χ4v) is 2.87. The Kier molecular flexibility index (Phi) is 4.94. The zero-order valence-electron chi connectivity index (χ0n) is 11.7. The number of nitrogens with zero attached hydrogens (tertiary/aromatic N) is 1. The van der Waals surface area contributed by atoms with Crippen molar-refractivity contribution in [1.29, 1.82) is 0 Å². The van der Waals surface area contributed by atoms with Crippen LogP contribution in [0.1, 0.15) is 10.6 Å². The van der Waals surface area contributed by atoms with Crippen LogP contribution in [-0.4, -0.2) is 31.4 Å². The molecule has 0 radical (unpaired) electrons. The van der Waals surface area contributed by atoms with E-state index in [-0.39, 0.29) is 6.61 Å². The predicted molar refractivity (Wildman–Crippen MR) is 77.3 cm³/mol. The summed E-state index contributed by atoms with van der Waals surface area (Å²) in [6.07, 6.45) is 0. The lowest BCUT2D eigenvalue weighted by molar-refractivity contribution is 0.179. The number of hydrogen-bond donors (Lipinski definition) is 1. The molecule has 0 fully saturated rings. The third kappa shape index (κ3) is 2.77. The first-order valence-electron chi connectivity index (χ1n) is 6.04. The van der Waals surface area contributed by atoms with Crippen molar-refractivity contribution >= 4 is 11.3 Å². The summed E-state index contributed by atoms with van der Waals surface area (Å²) in [6.45, 7) is 0.321. The second-order valence-corrected chi connectivity index (χ2v) is 5.10. The van der Waals surface area contributed by atoms with E-state index >= 15 is 0 Å². The quantitative estimate of drug-likeness (QED) is 0.887. The van der Waals surface area contributed by atoms with E-state index in [1.165, 1.54) is 11.3 Å². The standard InChI is InChI=1S/C14H17NO4S/c1-17-8-10-12(7-16)20-14(15-10)9-5-4-6-11(18-2)13(9)19-3/h4-6,16H,7-8H2,1-3H3. The average Bonchev–Trinajstić information content (AvgIpc) is 2.89. The summed E-state index contributed by atoms with van der Waals surface area (Å²) in [5.74, 6) is 1.29. The van der Waals surface area contributed by atoms with Gasteiger partial charge in [-0.1, -0.05) is 6.07 Å². The highest BCUT2D eigenvalue weighted by atomic mass is 32.1. The molecular weight excluding hydrogens is 278 g/mol. The predicted octanol–water partition coefficient (Wildman–Crippen LogP) is 2.47. The molecule has 0 bridgehead atoms. The SMILES string of the molecule is COCc1nc(-c2cccc(OC)c2OC)sc1CO. The first-order valence-corrected chi connectivity index (χ1v) is 6.86. The van der Waals surface area contributed by atoms with Gasteiger partial charge in [-0.15, -0.1) is 11.3 Å². The van der Waals surface area contributed by atoms with Crippen molar-refractivity contribution in [3.05, 3.63) is 28.8 Å². The summed E-state index contributed by atoms with van der Waals surface area (Å²) >= 11 is 1.42. The van der Waals surface area contributed by atoms with Crippen molar-refractivity contribution in [2.24, 2.45) is 0 Å². The minimum atomic E-state index is -0.0529. The van der Waals surface area contributed by atoms with Gasteiger partial charge in [0.25, 0.3) is 0 Å². The number of methoxy groups -OCH3 is 3. The zero-order valence-corrected chi connectivity index (χ0v) is 12.5. The lowest BCUT2D eigenvalue weighted by Crippen LogP contribution is -1.94. The third-order valence-electron chi connectivity index (χ3n) is 2.84. The normalized spacial score (nSPS) is 10.6. The van der Waals surface area contributed by atoms with Crippen LogP contribution < -0.4 is 9.47 Å². The van der Waals surface area contributed by atoms with E-state index in [9.17, 15) is 5.11 Å². The Labute approximate surface area is 121 Å². The Hall–Kier alpha value is -1.63. The number of aromatic nitrogens is 1. The lowest BCUT2D eigenvalue weighted by Gasteiger charge is -2.10. The molecule has 0 saturated heterocycles. The summed E-state index contributed by atoms with van der Waals surface area (Å²) in [7, 11) is 4.79.